The highest BCUT2D eigenvalue weighted by molar-refractivity contribution is 5.94. The van der Waals surface area contributed by atoms with E-state index in [1.165, 1.54) is 17.5 Å². The lowest BCUT2D eigenvalue weighted by Crippen LogP contribution is -2.59. The van der Waals surface area contributed by atoms with Crippen molar-refractivity contribution in [2.45, 2.75) is 127 Å². The molecule has 4 aliphatic rings. The fourth-order valence-electron chi connectivity index (χ4n) is 9.38. The highest BCUT2D eigenvalue weighted by Gasteiger charge is 2.46. The Morgan fingerprint density at radius 3 is 2.10 bits per heavy atom. The SMILES string of the molecule is CC(C(=O)NC(C(=O)N1C[C@@H](NC(=O)OCC2c3ccccc3-c3ccccc32)C[C@H]1C(=O)N[C@@H]1CCCc2ccccc21)C1CCCCC1)N(C)C(=O)OC(C)(C)C. The summed E-state index contributed by atoms with van der Waals surface area (Å²) in [7, 11) is 1.50. The minimum absolute atomic E-state index is 0.0643. The highest BCUT2D eigenvalue weighted by atomic mass is 16.6. The largest absolute Gasteiger partial charge is 0.449 e. The number of hydrogen-bond donors (Lipinski definition) is 3. The van der Waals surface area contributed by atoms with Crippen LogP contribution in [-0.4, -0.2) is 89.7 Å². The van der Waals surface area contributed by atoms with Gasteiger partial charge < -0.3 is 30.3 Å². The molecule has 3 N–H and O–H groups in total. The van der Waals surface area contributed by atoms with Crippen molar-refractivity contribution in [1.29, 1.82) is 0 Å². The summed E-state index contributed by atoms with van der Waals surface area (Å²) in [5, 5.41) is 9.26. The summed E-state index contributed by atoms with van der Waals surface area (Å²) in [5.41, 5.74) is 5.97. The van der Waals surface area contributed by atoms with Gasteiger partial charge in [0.1, 0.15) is 30.3 Å². The molecule has 12 heteroatoms. The molecule has 0 bridgehead atoms. The van der Waals surface area contributed by atoms with E-state index in [1.807, 2.05) is 42.5 Å². The number of nitrogens with zero attached hydrogens (tertiary/aromatic N) is 2. The number of hydrogen-bond acceptors (Lipinski definition) is 7. The van der Waals surface area contributed by atoms with Gasteiger partial charge in [0.05, 0.1) is 12.1 Å². The predicted molar refractivity (Wildman–Crippen MR) is 224 cm³/mol. The average molecular weight is 806 g/mol. The average Bonchev–Trinajstić information content (AvgIpc) is 3.80. The molecule has 5 atom stereocenters. The molecule has 1 aliphatic heterocycles. The van der Waals surface area contributed by atoms with Gasteiger partial charge in [-0.2, -0.15) is 0 Å². The smallest absolute Gasteiger partial charge is 0.410 e. The van der Waals surface area contributed by atoms with Crippen molar-refractivity contribution in [2.75, 3.05) is 20.2 Å². The van der Waals surface area contributed by atoms with Crippen molar-refractivity contribution in [3.63, 3.8) is 0 Å². The number of aryl methyl sites for hydroxylation is 1. The van der Waals surface area contributed by atoms with E-state index >= 15 is 0 Å². The number of carbonyl (C=O) groups excluding carboxylic acids is 5. The van der Waals surface area contributed by atoms with Crippen LogP contribution in [0, 0.1) is 5.92 Å². The topological polar surface area (TPSA) is 146 Å². The number of benzene rings is 3. The molecule has 0 spiro atoms. The van der Waals surface area contributed by atoms with Crippen LogP contribution in [0.2, 0.25) is 0 Å². The van der Waals surface area contributed by atoms with E-state index in [4.69, 9.17) is 9.47 Å². The minimum atomic E-state index is -0.934. The van der Waals surface area contributed by atoms with Gasteiger partial charge in [-0.3, -0.25) is 19.3 Å². The van der Waals surface area contributed by atoms with E-state index in [0.717, 1.165) is 79.2 Å². The second-order valence-electron chi connectivity index (χ2n) is 17.7. The standard InChI is InChI=1S/C47H59N5O7/c1-29(51(5)46(57)59-47(2,3)4)42(53)50-41(31-17-7-6-8-18-31)44(55)52-27-32(26-40(52)43(54)49-39-25-15-19-30-16-9-10-20-33(30)39)48-45(56)58-28-38-36-23-13-11-21-34(36)35-22-12-14-24-37(35)38/h9-14,16,20-24,29,31-32,38-41H,6-8,15,17-19,25-28H2,1-5H3,(H,48,56)(H,49,54)(H,50,53)/t29?,32-,39+,40-,41?/m0/s1. The Labute approximate surface area is 347 Å². The van der Waals surface area contributed by atoms with E-state index in [1.54, 1.807) is 32.6 Å². The lowest BCUT2D eigenvalue weighted by atomic mass is 9.83. The maximum Gasteiger partial charge on any atom is 0.410 e. The quantitative estimate of drug-likeness (QED) is 0.200. The number of rotatable bonds is 10. The van der Waals surface area contributed by atoms with Crippen LogP contribution in [0.5, 0.6) is 0 Å². The number of carbonyl (C=O) groups is 5. The molecule has 59 heavy (non-hydrogen) atoms. The van der Waals surface area contributed by atoms with Crippen LogP contribution >= 0.6 is 0 Å². The predicted octanol–water partition coefficient (Wildman–Crippen LogP) is 7.01. The number of likely N-dealkylation sites (tertiary alicyclic amines) is 1. The Hall–Kier alpha value is -5.39. The molecular formula is C47H59N5O7. The van der Waals surface area contributed by atoms with Gasteiger partial charge >= 0.3 is 12.2 Å². The van der Waals surface area contributed by atoms with Crippen molar-refractivity contribution >= 4 is 29.9 Å². The second-order valence-corrected chi connectivity index (χ2v) is 17.7. The van der Waals surface area contributed by atoms with Gasteiger partial charge in [-0.05, 0) is 106 Å². The molecule has 3 aromatic rings. The fraction of sp³-hybridized carbons (Fsp3) is 0.511. The number of ether oxygens (including phenoxy) is 2. The zero-order chi connectivity index (χ0) is 41.8. The van der Waals surface area contributed by atoms with E-state index in [-0.39, 0.29) is 49.3 Å². The molecule has 314 valence electrons. The summed E-state index contributed by atoms with van der Waals surface area (Å²) in [6, 6.07) is 20.8. The van der Waals surface area contributed by atoms with Gasteiger partial charge in [-0.25, -0.2) is 9.59 Å². The lowest BCUT2D eigenvalue weighted by Gasteiger charge is -2.36. The number of likely N-dealkylation sites (N-methyl/N-ethyl adjacent to an activating group) is 1. The Kier molecular flexibility index (Phi) is 12.6. The summed E-state index contributed by atoms with van der Waals surface area (Å²) in [5.74, 6) is -1.46. The fourth-order valence-corrected chi connectivity index (χ4v) is 9.38. The van der Waals surface area contributed by atoms with Crippen LogP contribution in [0.25, 0.3) is 11.1 Å². The molecular weight excluding hydrogens is 747 g/mol. The van der Waals surface area contributed by atoms with Gasteiger partial charge in [0.2, 0.25) is 17.7 Å². The first-order valence-corrected chi connectivity index (χ1v) is 21.4. The van der Waals surface area contributed by atoms with Crippen molar-refractivity contribution < 1.29 is 33.4 Å². The van der Waals surface area contributed by atoms with E-state index in [2.05, 4.69) is 46.3 Å². The molecule has 1 saturated carbocycles. The summed E-state index contributed by atoms with van der Waals surface area (Å²) in [4.78, 5) is 72.5. The lowest BCUT2D eigenvalue weighted by molar-refractivity contribution is -0.143. The molecule has 3 aromatic carbocycles. The van der Waals surface area contributed by atoms with Crippen molar-refractivity contribution in [3.8, 4) is 11.1 Å². The zero-order valence-corrected chi connectivity index (χ0v) is 35.0. The Balaban J connectivity index is 1.10. The first-order valence-electron chi connectivity index (χ1n) is 21.4. The Morgan fingerprint density at radius 1 is 0.814 bits per heavy atom. The Bertz CT molecular complexity index is 1990. The number of nitrogens with one attached hydrogen (secondary N) is 3. The molecule has 2 fully saturated rings. The van der Waals surface area contributed by atoms with Crippen LogP contribution in [0.3, 0.4) is 0 Å². The molecule has 1 heterocycles. The zero-order valence-electron chi connectivity index (χ0n) is 35.0. The van der Waals surface area contributed by atoms with E-state index < -0.39 is 47.9 Å². The summed E-state index contributed by atoms with van der Waals surface area (Å²) in [6.07, 6.45) is 5.87. The van der Waals surface area contributed by atoms with Gasteiger partial charge in [0, 0.05) is 19.5 Å². The minimum Gasteiger partial charge on any atom is -0.449 e. The second kappa shape index (κ2) is 17.8. The van der Waals surface area contributed by atoms with Crippen LogP contribution in [0.4, 0.5) is 9.59 Å². The third-order valence-corrected chi connectivity index (χ3v) is 12.6. The third-order valence-electron chi connectivity index (χ3n) is 12.6. The number of alkyl carbamates (subject to hydrolysis) is 1. The van der Waals surface area contributed by atoms with Gasteiger partial charge in [-0.15, -0.1) is 0 Å². The first-order chi connectivity index (χ1) is 28.3. The highest BCUT2D eigenvalue weighted by Crippen LogP contribution is 2.44. The molecule has 0 aromatic heterocycles. The third kappa shape index (κ3) is 9.42. The summed E-state index contributed by atoms with van der Waals surface area (Å²) >= 11 is 0. The normalized spacial score (nSPS) is 21.2. The molecule has 7 rings (SSSR count). The maximum atomic E-state index is 14.9. The monoisotopic (exact) mass is 805 g/mol. The van der Waals surface area contributed by atoms with Crippen LogP contribution in [-0.2, 0) is 30.3 Å². The summed E-state index contributed by atoms with van der Waals surface area (Å²) in [6.45, 7) is 7.07. The van der Waals surface area contributed by atoms with Gasteiger partial charge in [-0.1, -0.05) is 92.1 Å². The molecule has 12 nitrogen and oxygen atoms in total. The van der Waals surface area contributed by atoms with Crippen molar-refractivity contribution in [2.24, 2.45) is 5.92 Å². The first kappa shape index (κ1) is 41.8. The number of fused-ring (bicyclic) bond motifs is 4. The maximum absolute atomic E-state index is 14.9. The van der Waals surface area contributed by atoms with Crippen LogP contribution in [0.1, 0.15) is 113 Å². The Morgan fingerprint density at radius 2 is 1.44 bits per heavy atom. The molecule has 3 aliphatic carbocycles. The van der Waals surface area contributed by atoms with Crippen LogP contribution in [0.15, 0.2) is 72.8 Å². The molecule has 5 amide bonds. The summed E-state index contributed by atoms with van der Waals surface area (Å²) < 4.78 is 11.4. The van der Waals surface area contributed by atoms with Crippen molar-refractivity contribution in [1.82, 2.24) is 25.8 Å². The van der Waals surface area contributed by atoms with Crippen LogP contribution < -0.4 is 16.0 Å². The van der Waals surface area contributed by atoms with Gasteiger partial charge in [0.15, 0.2) is 0 Å². The van der Waals surface area contributed by atoms with Gasteiger partial charge in [0.25, 0.3) is 0 Å². The van der Waals surface area contributed by atoms with Crippen molar-refractivity contribution in [3.05, 3.63) is 95.1 Å². The van der Waals surface area contributed by atoms with E-state index in [0.29, 0.717) is 0 Å². The van der Waals surface area contributed by atoms with E-state index in [9.17, 15) is 24.0 Å². The molecule has 2 unspecified atom stereocenters. The number of amides is 5. The molecule has 0 radical (unpaired) electrons. The molecule has 1 saturated heterocycles.